The van der Waals surface area contributed by atoms with Crippen molar-refractivity contribution in [2.75, 3.05) is 0 Å². The molecule has 5 heteroatoms. The lowest BCUT2D eigenvalue weighted by atomic mass is 9.84. The molecule has 0 aliphatic rings. The van der Waals surface area contributed by atoms with E-state index in [1.165, 1.54) is 247 Å². The Balaban J connectivity index is 1.33. The van der Waals surface area contributed by atoms with E-state index in [4.69, 9.17) is 0 Å². The molecule has 75 heavy (non-hydrogen) atoms. The number of rotatable bonds is 39. The van der Waals surface area contributed by atoms with Crippen molar-refractivity contribution in [2.45, 2.75) is 260 Å². The van der Waals surface area contributed by atoms with Gasteiger partial charge in [-0.05, 0) is 132 Å². The fourth-order valence-electron chi connectivity index (χ4n) is 12.6. The second-order valence-corrected chi connectivity index (χ2v) is 26.9. The molecular formula is C70H98O2S3. The highest BCUT2D eigenvalue weighted by Gasteiger charge is 2.26. The van der Waals surface area contributed by atoms with Gasteiger partial charge in [0, 0.05) is 51.2 Å². The topological polar surface area (TPSA) is 34.1 Å². The van der Waals surface area contributed by atoms with E-state index in [-0.39, 0.29) is 10.9 Å². The maximum absolute atomic E-state index is 15.5. The Kier molecular flexibility index (Phi) is 25.2. The van der Waals surface area contributed by atoms with E-state index >= 15 is 9.59 Å². The Morgan fingerprint density at radius 1 is 0.333 bits per heavy atom. The van der Waals surface area contributed by atoms with Crippen LogP contribution in [-0.2, 0) is 12.8 Å². The summed E-state index contributed by atoms with van der Waals surface area (Å²) < 4.78 is 0. The summed E-state index contributed by atoms with van der Waals surface area (Å²) in [7, 11) is 0. The van der Waals surface area contributed by atoms with Crippen molar-refractivity contribution < 1.29 is 0 Å². The first-order valence-corrected chi connectivity index (χ1v) is 33.6. The molecule has 0 saturated heterocycles. The fraction of sp³-hybridized carbons (Fsp3) is 0.600. The van der Waals surface area contributed by atoms with Crippen LogP contribution in [0.25, 0.3) is 63.0 Å². The summed E-state index contributed by atoms with van der Waals surface area (Å²) in [5.41, 5.74) is 4.52. The van der Waals surface area contributed by atoms with Crippen LogP contribution in [0.5, 0.6) is 0 Å². The largest absolute Gasteiger partial charge is 0.289 e. The lowest BCUT2D eigenvalue weighted by Crippen LogP contribution is -2.10. The third-order valence-corrected chi connectivity index (χ3v) is 20.3. The first kappa shape index (κ1) is 59.3. The fourth-order valence-corrected chi connectivity index (χ4v) is 15.4. The summed E-state index contributed by atoms with van der Waals surface area (Å²) in [6.07, 6.45) is 43.7. The molecule has 2 atom stereocenters. The third-order valence-electron chi connectivity index (χ3n) is 17.0. The van der Waals surface area contributed by atoms with Crippen molar-refractivity contribution in [1.82, 2.24) is 0 Å². The minimum absolute atomic E-state index is 0.196. The van der Waals surface area contributed by atoms with Gasteiger partial charge in [-0.25, -0.2) is 0 Å². The molecule has 7 rings (SSSR count). The molecule has 2 nitrogen and oxygen atoms in total. The summed E-state index contributed by atoms with van der Waals surface area (Å²) in [6, 6.07) is 22.6. The van der Waals surface area contributed by atoms with E-state index in [1.807, 2.05) is 11.3 Å². The molecule has 0 fully saturated rings. The molecule has 3 aromatic heterocycles. The Bertz CT molecular complexity index is 2840. The molecule has 0 aliphatic heterocycles. The molecule has 0 aliphatic carbocycles. The average molecular weight is 1070 g/mol. The number of unbranched alkanes of at least 4 members (excludes halogenated alkanes) is 24. The highest BCUT2D eigenvalue weighted by atomic mass is 32.1. The van der Waals surface area contributed by atoms with Crippen molar-refractivity contribution in [2.24, 2.45) is 11.8 Å². The Labute approximate surface area is 467 Å². The predicted octanol–water partition coefficient (Wildman–Crippen LogP) is 23.4. The molecule has 0 radical (unpaired) electrons. The second kappa shape index (κ2) is 31.9. The monoisotopic (exact) mass is 1070 g/mol. The summed E-state index contributed by atoms with van der Waals surface area (Å²) in [4.78, 5) is 37.9. The molecule has 0 amide bonds. The average Bonchev–Trinajstić information content (AvgIpc) is 4.28. The van der Waals surface area contributed by atoms with Crippen LogP contribution >= 0.6 is 34.0 Å². The number of thiophene rings is 3. The minimum Gasteiger partial charge on any atom is -0.289 e. The summed E-state index contributed by atoms with van der Waals surface area (Å²) >= 11 is 5.34. The first-order valence-electron chi connectivity index (χ1n) is 31.2. The zero-order valence-corrected chi connectivity index (χ0v) is 50.5. The highest BCUT2D eigenvalue weighted by molar-refractivity contribution is 7.23. The zero-order valence-electron chi connectivity index (χ0n) is 48.0. The van der Waals surface area contributed by atoms with Gasteiger partial charge >= 0.3 is 0 Å². The zero-order chi connectivity index (χ0) is 52.8. The number of aryl methyl sites for hydroxylation is 2. The van der Waals surface area contributed by atoms with Gasteiger partial charge < -0.3 is 0 Å². The van der Waals surface area contributed by atoms with Gasteiger partial charge in [0.1, 0.15) is 0 Å². The molecule has 7 aromatic rings. The molecule has 0 saturated carbocycles. The molecule has 408 valence electrons. The lowest BCUT2D eigenvalue weighted by Gasteiger charge is -2.20. The Morgan fingerprint density at radius 2 is 0.627 bits per heavy atom. The molecule has 4 aromatic carbocycles. The van der Waals surface area contributed by atoms with Crippen LogP contribution in [0.15, 0.2) is 70.3 Å². The van der Waals surface area contributed by atoms with Gasteiger partial charge in [-0.1, -0.05) is 233 Å². The van der Waals surface area contributed by atoms with Gasteiger partial charge in [0.15, 0.2) is 10.9 Å². The standard InChI is InChI=1S/C70H98O2S3/c1-7-11-15-19-23-25-29-33-37-53(35-31-27-21-17-13-9-3)45-55-47-58-57(59-49-61(69(71)67(55)59)63-41-39-51(5)73-63)48-56(46-54(36-32-28-22-18-14-10-4)38-34-30-26-24-20-16-12-8-2)68-60(58)50-62(70(68)72)64-43-44-66(75-64)65-42-40-52(6)74-65/h39-44,47-50,53-54H,7-38,45-46H2,1-6H3. The van der Waals surface area contributed by atoms with Gasteiger partial charge in [0.25, 0.3) is 0 Å². The predicted molar refractivity (Wildman–Crippen MR) is 338 cm³/mol. The number of fused-ring (bicyclic) bond motifs is 5. The highest BCUT2D eigenvalue weighted by Crippen LogP contribution is 2.43. The quantitative estimate of drug-likeness (QED) is 0.0360. The van der Waals surface area contributed by atoms with Crippen molar-refractivity contribution in [3.63, 3.8) is 0 Å². The normalized spacial score (nSPS) is 12.9. The summed E-state index contributed by atoms with van der Waals surface area (Å²) in [5, 5.41) is 6.45. The molecule has 0 bridgehead atoms. The van der Waals surface area contributed by atoms with Crippen molar-refractivity contribution in [1.29, 1.82) is 0 Å². The number of hydrogen-bond donors (Lipinski definition) is 0. The molecule has 3 heterocycles. The van der Waals surface area contributed by atoms with Crippen molar-refractivity contribution in [3.8, 4) is 30.6 Å². The first-order chi connectivity index (χ1) is 36.7. The number of hydrogen-bond acceptors (Lipinski definition) is 5. The van der Waals surface area contributed by atoms with Crippen LogP contribution < -0.4 is 10.9 Å². The van der Waals surface area contributed by atoms with E-state index in [9.17, 15) is 0 Å². The van der Waals surface area contributed by atoms with Crippen LogP contribution in [0, 0.1) is 25.7 Å². The maximum Gasteiger partial charge on any atom is 0.195 e. The van der Waals surface area contributed by atoms with Crippen molar-refractivity contribution >= 4 is 66.3 Å². The third kappa shape index (κ3) is 17.1. The van der Waals surface area contributed by atoms with Gasteiger partial charge in [-0.2, -0.15) is 0 Å². The number of benzene rings is 2. The maximum atomic E-state index is 15.5. The molecule has 2 unspecified atom stereocenters. The Morgan fingerprint density at radius 3 is 0.973 bits per heavy atom. The summed E-state index contributed by atoms with van der Waals surface area (Å²) in [5.74, 6) is 1.06. The van der Waals surface area contributed by atoms with Gasteiger partial charge in [-0.3, -0.25) is 9.59 Å². The molecule has 0 spiro atoms. The van der Waals surface area contributed by atoms with E-state index < -0.39 is 0 Å². The molecular weight excluding hydrogens is 969 g/mol. The van der Waals surface area contributed by atoms with E-state index in [0.29, 0.717) is 11.8 Å². The van der Waals surface area contributed by atoms with Gasteiger partial charge in [-0.15, -0.1) is 34.0 Å². The second-order valence-electron chi connectivity index (χ2n) is 23.3. The minimum atomic E-state index is 0.196. The van der Waals surface area contributed by atoms with E-state index in [2.05, 4.69) is 102 Å². The molecule has 0 N–H and O–H groups in total. The van der Waals surface area contributed by atoms with Crippen molar-refractivity contribution in [3.05, 3.63) is 102 Å². The SMILES string of the molecule is CCCCCCCCCCC(CCCCCCCC)Cc1cc2c3cc(-c4ccc(-c5ccc(C)s5)s4)c(=O)c3c(CC(CCCCCCCC)CCCCCCCCCC)cc2c2cc(-c3ccc(C)s3)c(=O)c12. The van der Waals surface area contributed by atoms with Gasteiger partial charge in [0.05, 0.1) is 0 Å². The Hall–Kier alpha value is -3.38. The summed E-state index contributed by atoms with van der Waals surface area (Å²) in [6.45, 7) is 13.6. The van der Waals surface area contributed by atoms with Crippen LogP contribution in [0.2, 0.25) is 0 Å². The van der Waals surface area contributed by atoms with E-state index in [1.54, 1.807) is 22.7 Å². The lowest BCUT2D eigenvalue weighted by molar-refractivity contribution is 0.401. The van der Waals surface area contributed by atoms with Crippen LogP contribution in [0.4, 0.5) is 0 Å². The smallest absolute Gasteiger partial charge is 0.195 e. The van der Waals surface area contributed by atoms with Crippen LogP contribution in [0.3, 0.4) is 0 Å². The van der Waals surface area contributed by atoms with Crippen LogP contribution in [-0.4, -0.2) is 0 Å². The van der Waals surface area contributed by atoms with Gasteiger partial charge in [0.2, 0.25) is 0 Å². The van der Waals surface area contributed by atoms with E-state index in [0.717, 1.165) is 55.3 Å². The van der Waals surface area contributed by atoms with Crippen LogP contribution in [0.1, 0.15) is 254 Å².